The fraction of sp³-hybridized carbons (Fsp3) is 0.286. The van der Waals surface area contributed by atoms with Crippen LogP contribution in [0.5, 0.6) is 11.5 Å². The van der Waals surface area contributed by atoms with Crippen molar-refractivity contribution in [2.24, 2.45) is 0 Å². The van der Waals surface area contributed by atoms with E-state index in [1.807, 2.05) is 0 Å². The lowest BCUT2D eigenvalue weighted by Gasteiger charge is -2.13. The smallest absolute Gasteiger partial charge is 0.298 e. The monoisotopic (exact) mass is 328 g/mol. The van der Waals surface area contributed by atoms with Crippen LogP contribution in [0.3, 0.4) is 0 Å². The summed E-state index contributed by atoms with van der Waals surface area (Å²) >= 11 is 0. The molecule has 8 heteroatoms. The molecule has 0 aliphatic rings. The van der Waals surface area contributed by atoms with Crippen LogP contribution in [0.15, 0.2) is 35.2 Å². The topological polar surface area (TPSA) is 113 Å². The van der Waals surface area contributed by atoms with Crippen molar-refractivity contribution in [3.05, 3.63) is 30.3 Å². The molecule has 22 heavy (non-hydrogen) atoms. The molecule has 2 aromatic rings. The Morgan fingerprint density at radius 1 is 0.955 bits per heavy atom. The molecule has 2 aromatic carbocycles. The highest BCUT2D eigenvalue weighted by atomic mass is 32.2. The zero-order valence-electron chi connectivity index (χ0n) is 11.6. The third-order valence-electron chi connectivity index (χ3n) is 2.87. The zero-order chi connectivity index (χ0) is 16.2. The van der Waals surface area contributed by atoms with E-state index in [-0.39, 0.29) is 42.5 Å². The second kappa shape index (κ2) is 6.93. The van der Waals surface area contributed by atoms with Gasteiger partial charge in [-0.3, -0.25) is 4.55 Å². The molecular weight excluding hydrogens is 312 g/mol. The lowest BCUT2D eigenvalue weighted by molar-refractivity contribution is 0.198. The Morgan fingerprint density at radius 3 is 2.23 bits per heavy atom. The molecule has 0 radical (unpaired) electrons. The Hall–Kier alpha value is -1.87. The van der Waals surface area contributed by atoms with Gasteiger partial charge in [0.1, 0.15) is 29.6 Å². The van der Waals surface area contributed by atoms with E-state index in [0.29, 0.717) is 11.1 Å². The summed E-state index contributed by atoms with van der Waals surface area (Å²) < 4.78 is 43.3. The summed E-state index contributed by atoms with van der Waals surface area (Å²) in [5, 5.41) is 18.4. The van der Waals surface area contributed by atoms with Crippen molar-refractivity contribution in [2.75, 3.05) is 26.4 Å². The molecule has 7 nitrogen and oxygen atoms in total. The summed E-state index contributed by atoms with van der Waals surface area (Å²) in [6.07, 6.45) is 0. The first kappa shape index (κ1) is 16.5. The van der Waals surface area contributed by atoms with Gasteiger partial charge in [0.05, 0.1) is 13.2 Å². The van der Waals surface area contributed by atoms with Crippen molar-refractivity contribution < 1.29 is 32.7 Å². The molecular formula is C14H16O7S. The molecule has 0 saturated carbocycles. The molecule has 0 aromatic heterocycles. The van der Waals surface area contributed by atoms with Crippen molar-refractivity contribution in [2.45, 2.75) is 4.90 Å². The van der Waals surface area contributed by atoms with E-state index in [9.17, 15) is 13.0 Å². The predicted octanol–water partition coefficient (Wildman–Crippen LogP) is 0.829. The molecule has 2 rings (SSSR count). The van der Waals surface area contributed by atoms with E-state index in [1.54, 1.807) is 18.2 Å². The van der Waals surface area contributed by atoms with Gasteiger partial charge in [-0.2, -0.15) is 8.42 Å². The van der Waals surface area contributed by atoms with Gasteiger partial charge in [-0.15, -0.1) is 0 Å². The number of aliphatic hydroxyl groups is 2. The van der Waals surface area contributed by atoms with Crippen LogP contribution in [0.25, 0.3) is 10.8 Å². The third-order valence-corrected chi connectivity index (χ3v) is 3.81. The first-order valence-electron chi connectivity index (χ1n) is 6.49. The molecule has 0 fully saturated rings. The first-order chi connectivity index (χ1) is 10.5. The number of rotatable bonds is 7. The average molecular weight is 328 g/mol. The molecule has 0 amide bonds. The molecule has 0 spiro atoms. The quantitative estimate of drug-likeness (QED) is 0.645. The number of fused-ring (bicyclic) bond motifs is 1. The van der Waals surface area contributed by atoms with Gasteiger partial charge in [0.15, 0.2) is 0 Å². The SMILES string of the molecule is O=S(=O)(O)c1c(OCCO)ccc2ccc(OCCO)cc12. The van der Waals surface area contributed by atoms with Gasteiger partial charge in [0.2, 0.25) is 0 Å². The average Bonchev–Trinajstić information content (AvgIpc) is 2.48. The number of hydrogen-bond donors (Lipinski definition) is 3. The summed E-state index contributed by atoms with van der Waals surface area (Å²) in [6, 6.07) is 7.74. The van der Waals surface area contributed by atoms with Gasteiger partial charge in [-0.25, -0.2) is 0 Å². The Bertz CT molecular complexity index is 750. The number of benzene rings is 2. The van der Waals surface area contributed by atoms with Crippen molar-refractivity contribution in [1.82, 2.24) is 0 Å². The van der Waals surface area contributed by atoms with E-state index < -0.39 is 10.1 Å². The summed E-state index contributed by atoms with van der Waals surface area (Å²) in [5.41, 5.74) is 0. The predicted molar refractivity (Wildman–Crippen MR) is 78.9 cm³/mol. The first-order valence-corrected chi connectivity index (χ1v) is 7.93. The Balaban J connectivity index is 2.62. The summed E-state index contributed by atoms with van der Waals surface area (Å²) in [6.45, 7) is -0.506. The standard InChI is InChI=1S/C14H16O7S/c15-5-7-20-11-3-1-10-2-4-13(21-8-6-16)14(12(10)9-11)22(17,18)19/h1-4,9,15-16H,5-8H2,(H,17,18,19). The number of hydrogen-bond acceptors (Lipinski definition) is 6. The van der Waals surface area contributed by atoms with Gasteiger partial charge in [-0.05, 0) is 23.6 Å². The lowest BCUT2D eigenvalue weighted by Crippen LogP contribution is -2.08. The number of ether oxygens (including phenoxy) is 2. The van der Waals surface area contributed by atoms with E-state index in [4.69, 9.17) is 19.7 Å². The van der Waals surface area contributed by atoms with Crippen molar-refractivity contribution >= 4 is 20.9 Å². The molecule has 0 atom stereocenters. The molecule has 0 heterocycles. The fourth-order valence-electron chi connectivity index (χ4n) is 2.04. The molecule has 0 aliphatic heterocycles. The van der Waals surface area contributed by atoms with Crippen LogP contribution in [0, 0.1) is 0 Å². The van der Waals surface area contributed by atoms with Crippen molar-refractivity contribution in [3.8, 4) is 11.5 Å². The Kier molecular flexibility index (Phi) is 5.19. The van der Waals surface area contributed by atoms with Gasteiger partial charge < -0.3 is 19.7 Å². The number of aliphatic hydroxyl groups excluding tert-OH is 2. The fourth-order valence-corrected chi connectivity index (χ4v) is 2.88. The van der Waals surface area contributed by atoms with Gasteiger partial charge in [-0.1, -0.05) is 12.1 Å². The minimum atomic E-state index is -4.54. The second-order valence-corrected chi connectivity index (χ2v) is 5.75. The maximum absolute atomic E-state index is 11.7. The molecule has 0 saturated heterocycles. The van der Waals surface area contributed by atoms with Crippen LogP contribution in [-0.2, 0) is 10.1 Å². The Labute approximate surface area is 127 Å². The molecule has 3 N–H and O–H groups in total. The van der Waals surface area contributed by atoms with Crippen molar-refractivity contribution in [1.29, 1.82) is 0 Å². The largest absolute Gasteiger partial charge is 0.491 e. The van der Waals surface area contributed by atoms with Crippen molar-refractivity contribution in [3.63, 3.8) is 0 Å². The van der Waals surface area contributed by atoms with Crippen LogP contribution in [0.4, 0.5) is 0 Å². The highest BCUT2D eigenvalue weighted by Gasteiger charge is 2.21. The second-order valence-electron chi connectivity index (χ2n) is 4.39. The summed E-state index contributed by atoms with van der Waals surface area (Å²) in [4.78, 5) is -0.382. The summed E-state index contributed by atoms with van der Waals surface area (Å²) in [5.74, 6) is 0.300. The lowest BCUT2D eigenvalue weighted by atomic mass is 10.1. The maximum atomic E-state index is 11.7. The van der Waals surface area contributed by atoms with Crippen LogP contribution in [0.2, 0.25) is 0 Å². The maximum Gasteiger partial charge on any atom is 0.298 e. The van der Waals surface area contributed by atoms with E-state index >= 15 is 0 Å². The minimum Gasteiger partial charge on any atom is -0.491 e. The Morgan fingerprint density at radius 2 is 1.59 bits per heavy atom. The minimum absolute atomic E-state index is 0.0524. The highest BCUT2D eigenvalue weighted by Crippen LogP contribution is 2.34. The van der Waals surface area contributed by atoms with Gasteiger partial charge >= 0.3 is 0 Å². The summed E-state index contributed by atoms with van der Waals surface area (Å²) in [7, 11) is -4.54. The molecule has 120 valence electrons. The molecule has 0 bridgehead atoms. The van der Waals surface area contributed by atoms with Gasteiger partial charge in [0, 0.05) is 5.39 Å². The molecule has 0 aliphatic carbocycles. The van der Waals surface area contributed by atoms with E-state index in [0.717, 1.165) is 0 Å². The van der Waals surface area contributed by atoms with Crippen LogP contribution in [0.1, 0.15) is 0 Å². The molecule has 0 unspecified atom stereocenters. The zero-order valence-corrected chi connectivity index (χ0v) is 12.4. The van der Waals surface area contributed by atoms with Gasteiger partial charge in [0.25, 0.3) is 10.1 Å². The van der Waals surface area contributed by atoms with Crippen LogP contribution in [-0.4, -0.2) is 49.6 Å². The van der Waals surface area contributed by atoms with E-state index in [2.05, 4.69) is 0 Å². The van der Waals surface area contributed by atoms with E-state index in [1.165, 1.54) is 12.1 Å². The van der Waals surface area contributed by atoms with Crippen LogP contribution >= 0.6 is 0 Å². The normalized spacial score (nSPS) is 11.6. The highest BCUT2D eigenvalue weighted by molar-refractivity contribution is 7.86. The third kappa shape index (κ3) is 3.66. The van der Waals surface area contributed by atoms with Crippen LogP contribution < -0.4 is 9.47 Å².